The number of hydrazone groups is 1. The van der Waals surface area contributed by atoms with Crippen molar-refractivity contribution in [3.8, 4) is 0 Å². The van der Waals surface area contributed by atoms with Crippen LogP contribution in [0.1, 0.15) is 6.92 Å². The zero-order valence-electron chi connectivity index (χ0n) is 14.2. The Hall–Kier alpha value is -2.10. The topological polar surface area (TPSA) is 90.7 Å². The number of rotatable bonds is 4. The Kier molecular flexibility index (Phi) is 6.48. The molecule has 0 atom stereocenters. The lowest BCUT2D eigenvalue weighted by Crippen LogP contribution is -2.44. The summed E-state index contributed by atoms with van der Waals surface area (Å²) < 4.78 is 5.41. The van der Waals surface area contributed by atoms with Crippen LogP contribution in [0.15, 0.2) is 39.6 Å². The first-order valence-electron chi connectivity index (χ1n) is 8.09. The maximum atomic E-state index is 11.2. The molecule has 8 nitrogen and oxygen atoms in total. The van der Waals surface area contributed by atoms with Gasteiger partial charge in [-0.2, -0.15) is 5.10 Å². The monoisotopic (exact) mass is 394 g/mol. The second-order valence-electron chi connectivity index (χ2n) is 5.58. The third kappa shape index (κ3) is 5.20. The number of anilines is 1. The molecule has 138 valence electrons. The van der Waals surface area contributed by atoms with Gasteiger partial charge < -0.3 is 15.0 Å². The molecule has 2 fully saturated rings. The number of benzene rings is 1. The number of hydrogen-bond donors (Lipinski definition) is 2. The minimum Gasteiger partial charge on any atom is -0.378 e. The van der Waals surface area contributed by atoms with Crippen molar-refractivity contribution in [3.63, 3.8) is 0 Å². The standard InChI is InChI=1S/C16H19ClN6O2S/c1-11(19-22-16-18-14(24)10-26-16)15(23-6-8-25-9-7-23)21-20-13-4-2-12(17)3-5-13/h2-5,20H,6-10H2,1H3,(H,18,22,24)/b19-11+,21-15-. The Labute approximate surface area is 160 Å². The van der Waals surface area contributed by atoms with Crippen molar-refractivity contribution in [2.45, 2.75) is 6.92 Å². The highest BCUT2D eigenvalue weighted by molar-refractivity contribution is 8.15. The van der Waals surface area contributed by atoms with Gasteiger partial charge in [-0.05, 0) is 31.2 Å². The number of morpholine rings is 1. The number of amidine groups is 2. The summed E-state index contributed by atoms with van der Waals surface area (Å²) in [6.45, 7) is 4.54. The molecule has 10 heteroatoms. The number of amides is 1. The van der Waals surface area contributed by atoms with Crippen LogP contribution in [0, 0.1) is 0 Å². The van der Waals surface area contributed by atoms with Crippen LogP contribution in [-0.2, 0) is 9.53 Å². The van der Waals surface area contributed by atoms with Gasteiger partial charge in [0.2, 0.25) is 5.91 Å². The van der Waals surface area contributed by atoms with Gasteiger partial charge >= 0.3 is 0 Å². The fraction of sp³-hybridized carbons (Fsp3) is 0.375. The number of ether oxygens (including phenoxy) is 1. The van der Waals surface area contributed by atoms with E-state index in [4.69, 9.17) is 16.3 Å². The quantitative estimate of drug-likeness (QED) is 0.463. The summed E-state index contributed by atoms with van der Waals surface area (Å²) in [5.41, 5.74) is 4.49. The molecule has 26 heavy (non-hydrogen) atoms. The summed E-state index contributed by atoms with van der Waals surface area (Å²) in [7, 11) is 0. The van der Waals surface area contributed by atoms with E-state index in [1.807, 2.05) is 19.1 Å². The maximum Gasteiger partial charge on any atom is 0.236 e. The molecule has 1 amide bonds. The molecule has 2 saturated heterocycles. The molecule has 0 spiro atoms. The second kappa shape index (κ2) is 9.02. The SMILES string of the molecule is CC(=N\N=C1\NC(=O)CS1)/C(=N/Nc1ccc(Cl)cc1)N1CCOCC1. The van der Waals surface area contributed by atoms with Crippen molar-refractivity contribution in [3.05, 3.63) is 29.3 Å². The molecule has 2 aliphatic heterocycles. The molecule has 0 radical (unpaired) electrons. The van der Waals surface area contributed by atoms with Gasteiger partial charge in [0.1, 0.15) is 5.71 Å². The van der Waals surface area contributed by atoms with Crippen LogP contribution in [0.2, 0.25) is 5.02 Å². The van der Waals surface area contributed by atoms with E-state index >= 15 is 0 Å². The van der Waals surface area contributed by atoms with Crippen LogP contribution in [0.25, 0.3) is 0 Å². The van der Waals surface area contributed by atoms with Gasteiger partial charge in [-0.15, -0.1) is 10.2 Å². The van der Waals surface area contributed by atoms with Crippen molar-refractivity contribution in [1.29, 1.82) is 0 Å². The van der Waals surface area contributed by atoms with Crippen LogP contribution >= 0.6 is 23.4 Å². The predicted octanol–water partition coefficient (Wildman–Crippen LogP) is 1.99. The van der Waals surface area contributed by atoms with Gasteiger partial charge in [-0.25, -0.2) is 0 Å². The molecule has 2 N–H and O–H groups in total. The highest BCUT2D eigenvalue weighted by Gasteiger charge is 2.19. The summed E-state index contributed by atoms with van der Waals surface area (Å²) in [6.07, 6.45) is 0. The van der Waals surface area contributed by atoms with Crippen LogP contribution < -0.4 is 10.7 Å². The Morgan fingerprint density at radius 2 is 2.04 bits per heavy atom. The molecular formula is C16H19ClN6O2S. The van der Waals surface area contributed by atoms with Crippen LogP contribution in [-0.4, -0.2) is 59.6 Å². The lowest BCUT2D eigenvalue weighted by atomic mass is 10.3. The van der Waals surface area contributed by atoms with Crippen LogP contribution in [0.3, 0.4) is 0 Å². The third-order valence-electron chi connectivity index (χ3n) is 3.65. The predicted molar refractivity (Wildman–Crippen MR) is 106 cm³/mol. The van der Waals surface area contributed by atoms with Crippen LogP contribution in [0.4, 0.5) is 5.69 Å². The van der Waals surface area contributed by atoms with E-state index in [0.717, 1.165) is 18.8 Å². The molecular weight excluding hydrogens is 376 g/mol. The molecule has 3 rings (SSSR count). The number of nitrogens with one attached hydrogen (secondary N) is 2. The molecule has 1 aromatic carbocycles. The maximum absolute atomic E-state index is 11.2. The first kappa shape index (κ1) is 18.7. The number of carbonyl (C=O) groups is 1. The summed E-state index contributed by atoms with van der Waals surface area (Å²) in [6, 6.07) is 7.28. The molecule has 2 aliphatic rings. The van der Waals surface area contributed by atoms with Crippen LogP contribution in [0.5, 0.6) is 0 Å². The van der Waals surface area contributed by atoms with E-state index in [-0.39, 0.29) is 5.91 Å². The number of hydrogen-bond acceptors (Lipinski definition) is 7. The van der Waals surface area contributed by atoms with Crippen molar-refractivity contribution < 1.29 is 9.53 Å². The first-order chi connectivity index (χ1) is 12.6. The Bertz CT molecular complexity index is 744. The normalized spacial score (nSPS) is 20.5. The number of thioether (sulfide) groups is 1. The Morgan fingerprint density at radius 1 is 1.31 bits per heavy atom. The first-order valence-corrected chi connectivity index (χ1v) is 9.45. The van der Waals surface area contributed by atoms with Gasteiger partial charge in [0.25, 0.3) is 0 Å². The lowest BCUT2D eigenvalue weighted by Gasteiger charge is -2.29. The summed E-state index contributed by atoms with van der Waals surface area (Å²) >= 11 is 7.24. The Balaban J connectivity index is 1.78. The van der Waals surface area contributed by atoms with Crippen molar-refractivity contribution >= 4 is 51.7 Å². The second-order valence-corrected chi connectivity index (χ2v) is 6.98. The van der Waals surface area contributed by atoms with Gasteiger partial charge in [0.05, 0.1) is 24.7 Å². The molecule has 0 bridgehead atoms. The van der Waals surface area contributed by atoms with Gasteiger partial charge in [0.15, 0.2) is 11.0 Å². The van der Waals surface area contributed by atoms with E-state index in [1.165, 1.54) is 11.8 Å². The number of halogens is 1. The van der Waals surface area contributed by atoms with E-state index in [0.29, 0.717) is 40.7 Å². The summed E-state index contributed by atoms with van der Waals surface area (Å²) in [4.78, 5) is 13.3. The smallest absolute Gasteiger partial charge is 0.236 e. The average molecular weight is 395 g/mol. The fourth-order valence-electron chi connectivity index (χ4n) is 2.34. The Morgan fingerprint density at radius 3 is 2.69 bits per heavy atom. The zero-order chi connectivity index (χ0) is 18.4. The van der Waals surface area contributed by atoms with Gasteiger partial charge in [0, 0.05) is 18.1 Å². The lowest BCUT2D eigenvalue weighted by molar-refractivity contribution is -0.116. The van der Waals surface area contributed by atoms with Crippen molar-refractivity contribution in [2.75, 3.05) is 37.5 Å². The van der Waals surface area contributed by atoms with E-state index in [2.05, 4.69) is 30.9 Å². The minimum atomic E-state index is -0.0620. The van der Waals surface area contributed by atoms with E-state index in [1.54, 1.807) is 12.1 Å². The minimum absolute atomic E-state index is 0.0620. The molecule has 0 unspecified atom stereocenters. The van der Waals surface area contributed by atoms with E-state index < -0.39 is 0 Å². The summed E-state index contributed by atoms with van der Waals surface area (Å²) in [5, 5.41) is 16.7. The van der Waals surface area contributed by atoms with Crippen molar-refractivity contribution in [1.82, 2.24) is 10.2 Å². The molecule has 1 aromatic rings. The number of carbonyl (C=O) groups excluding carboxylic acids is 1. The molecule has 0 aliphatic carbocycles. The third-order valence-corrected chi connectivity index (χ3v) is 4.76. The number of nitrogens with zero attached hydrogens (tertiary/aromatic N) is 4. The summed E-state index contributed by atoms with van der Waals surface area (Å²) in [5.74, 6) is 0.991. The van der Waals surface area contributed by atoms with Gasteiger partial charge in [-0.3, -0.25) is 10.2 Å². The van der Waals surface area contributed by atoms with Crippen molar-refractivity contribution in [2.24, 2.45) is 15.3 Å². The van der Waals surface area contributed by atoms with Gasteiger partial charge in [-0.1, -0.05) is 23.4 Å². The highest BCUT2D eigenvalue weighted by Crippen LogP contribution is 2.14. The highest BCUT2D eigenvalue weighted by atomic mass is 35.5. The average Bonchev–Trinajstić information content (AvgIpc) is 3.08. The largest absolute Gasteiger partial charge is 0.378 e. The van der Waals surface area contributed by atoms with E-state index in [9.17, 15) is 4.79 Å². The molecule has 2 heterocycles. The molecule has 0 saturated carbocycles. The molecule has 0 aromatic heterocycles. The zero-order valence-corrected chi connectivity index (χ0v) is 15.8. The fourth-order valence-corrected chi connectivity index (χ4v) is 3.09.